The summed E-state index contributed by atoms with van der Waals surface area (Å²) in [6, 6.07) is 0. The molecule has 0 aromatic rings. The van der Waals surface area contributed by atoms with Gasteiger partial charge in [0.1, 0.15) is 0 Å². The largest absolute Gasteiger partial charge is 0.480 e. The minimum Gasteiger partial charge on any atom is -0.480 e. The summed E-state index contributed by atoms with van der Waals surface area (Å²) in [7, 11) is 0. The second-order valence-corrected chi connectivity index (χ2v) is 6.39. The third kappa shape index (κ3) is 3.20. The first-order valence-electron chi connectivity index (χ1n) is 7.00. The van der Waals surface area contributed by atoms with Crippen LogP contribution in [0, 0.1) is 17.3 Å². The van der Waals surface area contributed by atoms with Crippen molar-refractivity contribution < 1.29 is 59.3 Å². The highest BCUT2D eigenvalue weighted by Gasteiger charge is 2.81. The molecule has 13 heteroatoms. The van der Waals surface area contributed by atoms with Gasteiger partial charge in [-0.3, -0.25) is 9.59 Å². The predicted molar refractivity (Wildman–Crippen MR) is 65.1 cm³/mol. The fourth-order valence-corrected chi connectivity index (χ4v) is 3.03. The van der Waals surface area contributed by atoms with Crippen molar-refractivity contribution >= 4 is 11.9 Å². The van der Waals surface area contributed by atoms with Crippen LogP contribution in [0.4, 0.5) is 39.5 Å². The van der Waals surface area contributed by atoms with Crippen molar-refractivity contribution in [3.8, 4) is 0 Å². The summed E-state index contributed by atoms with van der Waals surface area (Å²) in [6.45, 7) is 1.02. The normalized spacial score (nSPS) is 24.5. The van der Waals surface area contributed by atoms with Gasteiger partial charge < -0.3 is 10.2 Å². The zero-order valence-electron chi connectivity index (χ0n) is 12.9. The van der Waals surface area contributed by atoms with Crippen molar-refractivity contribution in [2.45, 2.75) is 50.1 Å². The summed E-state index contributed by atoms with van der Waals surface area (Å²) in [5.74, 6) is -26.7. The Bertz CT molecular complexity index is 571. The van der Waals surface area contributed by atoms with E-state index in [-0.39, 0.29) is 0 Å². The number of hydrogen-bond acceptors (Lipinski definition) is 2. The molecule has 0 aromatic carbocycles. The van der Waals surface area contributed by atoms with E-state index in [9.17, 15) is 49.1 Å². The van der Waals surface area contributed by atoms with Gasteiger partial charge in [-0.2, -0.15) is 39.5 Å². The second kappa shape index (κ2) is 6.19. The van der Waals surface area contributed by atoms with Gasteiger partial charge in [-0.15, -0.1) is 0 Å². The number of carboxylic acids is 2. The summed E-state index contributed by atoms with van der Waals surface area (Å²) in [4.78, 5) is 22.2. The maximum atomic E-state index is 13.7. The van der Waals surface area contributed by atoms with Gasteiger partial charge in [0.25, 0.3) is 0 Å². The molecule has 2 atom stereocenters. The first-order chi connectivity index (χ1) is 11.3. The van der Waals surface area contributed by atoms with Crippen LogP contribution in [0.2, 0.25) is 0 Å². The standard InChI is InChI=1S/C13H13F9O4/c1-5-2-9(7(23)24,8(25)26)3-6(5)4-10(14,15)11(16,17)12(18,19)13(20,21)22/h5-6H,2-4H2,1H3,(H,23,24)(H,25,26). The summed E-state index contributed by atoms with van der Waals surface area (Å²) in [5.41, 5.74) is -2.61. The van der Waals surface area contributed by atoms with Crippen molar-refractivity contribution in [3.05, 3.63) is 0 Å². The molecule has 2 N–H and O–H groups in total. The molecule has 2 unspecified atom stereocenters. The summed E-state index contributed by atoms with van der Waals surface area (Å²) in [5, 5.41) is 18.0. The van der Waals surface area contributed by atoms with Gasteiger partial charge in [-0.1, -0.05) is 6.92 Å². The van der Waals surface area contributed by atoms with Crippen LogP contribution in [0.1, 0.15) is 26.2 Å². The Morgan fingerprint density at radius 3 is 1.62 bits per heavy atom. The molecule has 0 heterocycles. The molecule has 1 rings (SSSR count). The number of aliphatic carboxylic acids is 2. The summed E-state index contributed by atoms with van der Waals surface area (Å²) >= 11 is 0. The molecule has 152 valence electrons. The third-order valence-electron chi connectivity index (χ3n) is 4.63. The lowest BCUT2D eigenvalue weighted by atomic mass is 9.84. The predicted octanol–water partition coefficient (Wildman–Crippen LogP) is 4.05. The second-order valence-electron chi connectivity index (χ2n) is 6.39. The monoisotopic (exact) mass is 404 g/mol. The lowest BCUT2D eigenvalue weighted by molar-refractivity contribution is -0.398. The fraction of sp³-hybridized carbons (Fsp3) is 0.846. The minimum atomic E-state index is -7.04. The van der Waals surface area contributed by atoms with Gasteiger partial charge >= 0.3 is 35.9 Å². The van der Waals surface area contributed by atoms with E-state index in [1.165, 1.54) is 0 Å². The molecule has 0 bridgehead atoms. The molecule has 1 aliphatic rings. The number of halogens is 9. The maximum absolute atomic E-state index is 13.7. The highest BCUT2D eigenvalue weighted by atomic mass is 19.4. The van der Waals surface area contributed by atoms with Crippen LogP contribution in [0.3, 0.4) is 0 Å². The van der Waals surface area contributed by atoms with Gasteiger partial charge in [-0.25, -0.2) is 0 Å². The van der Waals surface area contributed by atoms with Crippen LogP contribution in [-0.2, 0) is 9.59 Å². The highest BCUT2D eigenvalue weighted by molar-refractivity contribution is 5.98. The number of hydrogen-bond donors (Lipinski definition) is 2. The van der Waals surface area contributed by atoms with Crippen LogP contribution in [0.15, 0.2) is 0 Å². The zero-order chi connectivity index (χ0) is 20.9. The Hall–Kier alpha value is -1.69. The number of carbonyl (C=O) groups is 2. The van der Waals surface area contributed by atoms with Crippen LogP contribution in [0.5, 0.6) is 0 Å². The molecule has 0 spiro atoms. The van der Waals surface area contributed by atoms with E-state index in [1.807, 2.05) is 0 Å². The van der Waals surface area contributed by atoms with Crippen LogP contribution < -0.4 is 0 Å². The lowest BCUT2D eigenvalue weighted by Gasteiger charge is -2.35. The molecule has 0 aliphatic heterocycles. The first-order valence-corrected chi connectivity index (χ1v) is 7.00. The van der Waals surface area contributed by atoms with Crippen molar-refractivity contribution in [1.29, 1.82) is 0 Å². The van der Waals surface area contributed by atoms with Crippen LogP contribution in [0.25, 0.3) is 0 Å². The average Bonchev–Trinajstić information content (AvgIpc) is 2.75. The first kappa shape index (κ1) is 22.4. The van der Waals surface area contributed by atoms with Gasteiger partial charge in [0.2, 0.25) is 0 Å². The van der Waals surface area contributed by atoms with Gasteiger partial charge in [0.15, 0.2) is 5.41 Å². The molecule has 0 aromatic heterocycles. The van der Waals surface area contributed by atoms with Crippen LogP contribution in [-0.4, -0.2) is 46.1 Å². The summed E-state index contributed by atoms with van der Waals surface area (Å²) < 4.78 is 116. The highest BCUT2D eigenvalue weighted by Crippen LogP contribution is 2.57. The van der Waals surface area contributed by atoms with Gasteiger partial charge in [0.05, 0.1) is 0 Å². The average molecular weight is 404 g/mol. The lowest BCUT2D eigenvalue weighted by Crippen LogP contribution is -2.61. The van der Waals surface area contributed by atoms with E-state index in [2.05, 4.69) is 0 Å². The molecule has 0 amide bonds. The SMILES string of the molecule is CC1CC(C(=O)O)(C(=O)O)CC1CC(F)(F)C(F)(F)C(F)(F)C(F)(F)F. The van der Waals surface area contributed by atoms with Crippen molar-refractivity contribution in [1.82, 2.24) is 0 Å². The number of rotatable bonds is 6. The van der Waals surface area contributed by atoms with E-state index in [0.29, 0.717) is 0 Å². The Balaban J connectivity index is 3.18. The van der Waals surface area contributed by atoms with E-state index < -0.39 is 72.4 Å². The molecule has 4 nitrogen and oxygen atoms in total. The number of alkyl halides is 9. The quantitative estimate of drug-likeness (QED) is 0.518. The van der Waals surface area contributed by atoms with Crippen LogP contribution >= 0.6 is 0 Å². The van der Waals surface area contributed by atoms with E-state index >= 15 is 0 Å². The Morgan fingerprint density at radius 2 is 1.31 bits per heavy atom. The topological polar surface area (TPSA) is 74.6 Å². The van der Waals surface area contributed by atoms with Crippen molar-refractivity contribution in [2.75, 3.05) is 0 Å². The van der Waals surface area contributed by atoms with Gasteiger partial charge in [-0.05, 0) is 24.7 Å². The Labute approximate surface area is 140 Å². The van der Waals surface area contributed by atoms with E-state index in [0.717, 1.165) is 6.92 Å². The number of carboxylic acid groups (broad SMARTS) is 2. The molecule has 1 saturated carbocycles. The van der Waals surface area contributed by atoms with Gasteiger partial charge in [0, 0.05) is 6.42 Å². The summed E-state index contributed by atoms with van der Waals surface area (Å²) in [6.07, 6.45) is -11.1. The fourth-order valence-electron chi connectivity index (χ4n) is 3.03. The third-order valence-corrected chi connectivity index (χ3v) is 4.63. The Morgan fingerprint density at radius 1 is 0.885 bits per heavy atom. The van der Waals surface area contributed by atoms with Crippen molar-refractivity contribution in [2.24, 2.45) is 17.3 Å². The molecule has 1 fully saturated rings. The molecule has 26 heavy (non-hydrogen) atoms. The molecule has 0 saturated heterocycles. The maximum Gasteiger partial charge on any atom is 0.460 e. The molecule has 0 radical (unpaired) electrons. The Kier molecular flexibility index (Phi) is 5.32. The molecular weight excluding hydrogens is 391 g/mol. The minimum absolute atomic E-state index is 0.764. The van der Waals surface area contributed by atoms with E-state index in [1.54, 1.807) is 0 Å². The smallest absolute Gasteiger partial charge is 0.460 e. The molecular formula is C13H13F9O4. The van der Waals surface area contributed by atoms with E-state index in [4.69, 9.17) is 10.2 Å². The zero-order valence-corrected chi connectivity index (χ0v) is 12.9. The molecule has 1 aliphatic carbocycles. The van der Waals surface area contributed by atoms with Crippen molar-refractivity contribution in [3.63, 3.8) is 0 Å².